The van der Waals surface area contributed by atoms with Gasteiger partial charge in [0.25, 0.3) is 0 Å². The van der Waals surface area contributed by atoms with Crippen LogP contribution in [0.25, 0.3) is 5.69 Å². The van der Waals surface area contributed by atoms with Gasteiger partial charge in [0.2, 0.25) is 0 Å². The van der Waals surface area contributed by atoms with E-state index in [1.807, 2.05) is 55.1 Å². The molecule has 26 heavy (non-hydrogen) atoms. The summed E-state index contributed by atoms with van der Waals surface area (Å²) in [6.45, 7) is 7.44. The molecule has 1 aromatic carbocycles. The fourth-order valence-corrected chi connectivity index (χ4v) is 2.21. The van der Waals surface area contributed by atoms with Gasteiger partial charge in [-0.25, -0.2) is 9.67 Å². The molecule has 0 aliphatic heterocycles. The van der Waals surface area contributed by atoms with Crippen LogP contribution in [-0.4, -0.2) is 49.2 Å². The Balaban J connectivity index is 0.00000338. The van der Waals surface area contributed by atoms with E-state index < -0.39 is 0 Å². The third-order valence-electron chi connectivity index (χ3n) is 3.47. The molecule has 2 aromatic rings. The molecule has 0 fully saturated rings. The quantitative estimate of drug-likeness (QED) is 0.254. The van der Waals surface area contributed by atoms with Crippen LogP contribution < -0.4 is 15.4 Å². The normalized spacial score (nSPS) is 11.0. The number of nitrogens with one attached hydrogen (secondary N) is 2. The fourth-order valence-electron chi connectivity index (χ4n) is 2.21. The van der Waals surface area contributed by atoms with Crippen molar-refractivity contribution in [3.05, 3.63) is 42.2 Å². The molecular weight excluding hydrogens is 445 g/mol. The van der Waals surface area contributed by atoms with Crippen molar-refractivity contribution in [3.63, 3.8) is 0 Å². The summed E-state index contributed by atoms with van der Waals surface area (Å²) in [5.41, 5.74) is 1.88. The summed E-state index contributed by atoms with van der Waals surface area (Å²) in [4.78, 5) is 4.56. The van der Waals surface area contributed by atoms with Crippen LogP contribution in [0.4, 0.5) is 0 Å². The van der Waals surface area contributed by atoms with E-state index in [2.05, 4.69) is 20.7 Å². The first-order chi connectivity index (χ1) is 12.3. The van der Waals surface area contributed by atoms with E-state index in [1.165, 1.54) is 0 Å². The molecule has 0 bridgehead atoms. The zero-order valence-electron chi connectivity index (χ0n) is 15.6. The molecule has 1 heterocycles. The lowest BCUT2D eigenvalue weighted by Gasteiger charge is -2.10. The molecule has 7 nitrogen and oxygen atoms in total. The summed E-state index contributed by atoms with van der Waals surface area (Å²) < 4.78 is 12.3. The third kappa shape index (κ3) is 7.20. The molecule has 0 saturated heterocycles. The van der Waals surface area contributed by atoms with Crippen LogP contribution in [-0.2, 0) is 11.3 Å². The lowest BCUT2D eigenvalue weighted by Crippen LogP contribution is -2.39. The molecule has 0 aliphatic rings. The molecule has 2 N–H and O–H groups in total. The van der Waals surface area contributed by atoms with Crippen LogP contribution in [0.3, 0.4) is 0 Å². The molecule has 0 radical (unpaired) electrons. The van der Waals surface area contributed by atoms with Gasteiger partial charge in [0.05, 0.1) is 31.6 Å². The van der Waals surface area contributed by atoms with Gasteiger partial charge in [-0.3, -0.25) is 0 Å². The Hall–Kier alpha value is -1.81. The number of halogens is 1. The molecule has 0 saturated carbocycles. The summed E-state index contributed by atoms with van der Waals surface area (Å²) >= 11 is 0. The lowest BCUT2D eigenvalue weighted by atomic mass is 10.3. The molecular formula is C18H28IN5O2. The van der Waals surface area contributed by atoms with E-state index in [9.17, 15) is 0 Å². The summed E-state index contributed by atoms with van der Waals surface area (Å²) in [5, 5.41) is 11.0. The lowest BCUT2D eigenvalue weighted by molar-refractivity contribution is 0.152. The first-order valence-corrected chi connectivity index (χ1v) is 8.55. The van der Waals surface area contributed by atoms with Crippen LogP contribution in [0.5, 0.6) is 5.75 Å². The zero-order valence-corrected chi connectivity index (χ0v) is 17.9. The number of nitrogens with zero attached hydrogens (tertiary/aromatic N) is 3. The van der Waals surface area contributed by atoms with Crippen molar-refractivity contribution in [1.29, 1.82) is 0 Å². The molecule has 8 heteroatoms. The van der Waals surface area contributed by atoms with Gasteiger partial charge < -0.3 is 20.1 Å². The van der Waals surface area contributed by atoms with Crippen molar-refractivity contribution in [2.75, 3.05) is 33.4 Å². The minimum atomic E-state index is 0. The average molecular weight is 473 g/mol. The van der Waals surface area contributed by atoms with Crippen LogP contribution in [0, 0.1) is 0 Å². The number of benzene rings is 1. The topological polar surface area (TPSA) is 72.7 Å². The highest BCUT2D eigenvalue weighted by molar-refractivity contribution is 14.0. The number of aromatic nitrogens is 2. The Kier molecular flexibility index (Phi) is 10.7. The Morgan fingerprint density at radius 3 is 2.58 bits per heavy atom. The highest BCUT2D eigenvalue weighted by atomic mass is 127. The van der Waals surface area contributed by atoms with Gasteiger partial charge in [0, 0.05) is 25.9 Å². The number of methoxy groups -OCH3 is 1. The van der Waals surface area contributed by atoms with Gasteiger partial charge in [0.15, 0.2) is 5.96 Å². The largest absolute Gasteiger partial charge is 0.497 e. The standard InChI is InChI=1S/C18H27N5O2.HI/c1-4-19-18(20-11-13-25-5-2)21-14-15-10-12-23(22-15)16-6-8-17(24-3)9-7-16;/h6-10,12H,4-5,11,13-14H2,1-3H3,(H2,19,20,21);1H. The summed E-state index contributed by atoms with van der Waals surface area (Å²) in [6.07, 6.45) is 1.93. The molecule has 0 spiro atoms. The zero-order chi connectivity index (χ0) is 17.9. The summed E-state index contributed by atoms with van der Waals surface area (Å²) in [6, 6.07) is 9.74. The van der Waals surface area contributed by atoms with Crippen molar-refractivity contribution < 1.29 is 9.47 Å². The average Bonchev–Trinajstić information content (AvgIpc) is 3.12. The number of ether oxygens (including phenoxy) is 2. The Labute approximate surface area is 172 Å². The molecule has 0 atom stereocenters. The fraction of sp³-hybridized carbons (Fsp3) is 0.444. The Morgan fingerprint density at radius 1 is 1.15 bits per heavy atom. The highest BCUT2D eigenvalue weighted by Gasteiger charge is 2.03. The Bertz CT molecular complexity index is 658. The predicted molar refractivity (Wildman–Crippen MR) is 115 cm³/mol. The SMILES string of the molecule is CCNC(=NCc1ccn(-c2ccc(OC)cc2)n1)NCCOCC.I. The van der Waals surface area contributed by atoms with Crippen LogP contribution in [0.1, 0.15) is 19.5 Å². The maximum atomic E-state index is 5.32. The van der Waals surface area contributed by atoms with Crippen molar-refractivity contribution >= 4 is 29.9 Å². The van der Waals surface area contributed by atoms with Gasteiger partial charge in [-0.15, -0.1) is 24.0 Å². The van der Waals surface area contributed by atoms with E-state index >= 15 is 0 Å². The van der Waals surface area contributed by atoms with E-state index in [-0.39, 0.29) is 24.0 Å². The van der Waals surface area contributed by atoms with Crippen molar-refractivity contribution in [2.24, 2.45) is 4.99 Å². The monoisotopic (exact) mass is 473 g/mol. The van der Waals surface area contributed by atoms with E-state index in [1.54, 1.807) is 7.11 Å². The highest BCUT2D eigenvalue weighted by Crippen LogP contribution is 2.14. The van der Waals surface area contributed by atoms with Gasteiger partial charge in [-0.2, -0.15) is 5.10 Å². The second-order valence-corrected chi connectivity index (χ2v) is 5.27. The maximum absolute atomic E-state index is 5.32. The number of aliphatic imine (C=N–C) groups is 1. The van der Waals surface area contributed by atoms with E-state index in [4.69, 9.17) is 9.47 Å². The molecule has 0 unspecified atom stereocenters. The van der Waals surface area contributed by atoms with Crippen LogP contribution in [0.2, 0.25) is 0 Å². The van der Waals surface area contributed by atoms with Gasteiger partial charge >= 0.3 is 0 Å². The summed E-state index contributed by atoms with van der Waals surface area (Å²) in [5.74, 6) is 1.59. The Morgan fingerprint density at radius 2 is 1.92 bits per heavy atom. The minimum absolute atomic E-state index is 0. The van der Waals surface area contributed by atoms with Crippen molar-refractivity contribution in [3.8, 4) is 11.4 Å². The summed E-state index contributed by atoms with van der Waals surface area (Å²) in [7, 11) is 1.66. The van der Waals surface area contributed by atoms with E-state index in [0.717, 1.165) is 42.8 Å². The minimum Gasteiger partial charge on any atom is -0.497 e. The number of rotatable bonds is 9. The van der Waals surface area contributed by atoms with Gasteiger partial charge in [-0.05, 0) is 44.2 Å². The van der Waals surface area contributed by atoms with Gasteiger partial charge in [0.1, 0.15) is 5.75 Å². The van der Waals surface area contributed by atoms with Gasteiger partial charge in [-0.1, -0.05) is 0 Å². The molecule has 1 aromatic heterocycles. The first-order valence-electron chi connectivity index (χ1n) is 8.55. The smallest absolute Gasteiger partial charge is 0.191 e. The molecule has 144 valence electrons. The molecule has 2 rings (SSSR count). The predicted octanol–water partition coefficient (Wildman–Crippen LogP) is 2.59. The second-order valence-electron chi connectivity index (χ2n) is 5.27. The van der Waals surface area contributed by atoms with Crippen LogP contribution >= 0.6 is 24.0 Å². The van der Waals surface area contributed by atoms with E-state index in [0.29, 0.717) is 13.2 Å². The molecule has 0 amide bonds. The number of guanidine groups is 1. The second kappa shape index (κ2) is 12.5. The van der Waals surface area contributed by atoms with Crippen molar-refractivity contribution in [1.82, 2.24) is 20.4 Å². The number of hydrogen-bond acceptors (Lipinski definition) is 4. The van der Waals surface area contributed by atoms with Crippen molar-refractivity contribution in [2.45, 2.75) is 20.4 Å². The van der Waals surface area contributed by atoms with Crippen LogP contribution in [0.15, 0.2) is 41.5 Å². The molecule has 0 aliphatic carbocycles. The number of hydrogen-bond donors (Lipinski definition) is 2. The first kappa shape index (κ1) is 22.2. The third-order valence-corrected chi connectivity index (χ3v) is 3.47. The maximum Gasteiger partial charge on any atom is 0.191 e.